The first-order chi connectivity index (χ1) is 22.8. The zero-order valence-electron chi connectivity index (χ0n) is 30.2. The van der Waals surface area contributed by atoms with Crippen LogP contribution in [0.5, 0.6) is 0 Å². The quantitative estimate of drug-likeness (QED) is 0.0458. The molecule has 1 aromatic heterocycles. The number of aromatic amines is 1. The summed E-state index contributed by atoms with van der Waals surface area (Å²) in [6, 6.07) is 0. The van der Waals surface area contributed by atoms with Gasteiger partial charge in [0.1, 0.15) is 0 Å². The predicted octanol–water partition coefficient (Wildman–Crippen LogP) is 11.9. The van der Waals surface area contributed by atoms with Crippen molar-refractivity contribution in [2.45, 2.75) is 174 Å². The van der Waals surface area contributed by atoms with Gasteiger partial charge in [0.2, 0.25) is 5.91 Å². The third-order valence-electron chi connectivity index (χ3n) is 8.44. The molecule has 1 heterocycles. The van der Waals surface area contributed by atoms with E-state index in [1.54, 1.807) is 12.5 Å². The normalized spacial score (nSPS) is 12.2. The highest BCUT2D eigenvalue weighted by molar-refractivity contribution is 5.77. The number of carbonyl (C=O) groups excluding carboxylic acids is 1. The fourth-order valence-electron chi connectivity index (χ4n) is 5.57. The van der Waals surface area contributed by atoms with Crippen LogP contribution in [-0.4, -0.2) is 34.0 Å². The number of rotatable bonds is 33. The maximum Gasteiger partial charge on any atom is 0.240 e. The number of H-pyrrole nitrogens is 1. The number of unbranched alkanes of at least 4 members (excludes halogenated alkanes) is 18. The van der Waals surface area contributed by atoms with E-state index in [2.05, 4.69) is 82.9 Å². The molecule has 0 saturated carbocycles. The highest BCUT2D eigenvalue weighted by Crippen LogP contribution is 2.11. The lowest BCUT2D eigenvalue weighted by Crippen LogP contribution is -2.44. The Labute approximate surface area is 284 Å². The van der Waals surface area contributed by atoms with Crippen molar-refractivity contribution in [3.05, 3.63) is 66.8 Å². The van der Waals surface area contributed by atoms with Crippen LogP contribution in [0.1, 0.15) is 174 Å². The summed E-state index contributed by atoms with van der Waals surface area (Å²) in [7, 11) is 0. The lowest BCUT2D eigenvalue weighted by Gasteiger charge is -2.23. The first kappa shape index (κ1) is 41.6. The molecule has 0 fully saturated rings. The molecule has 0 saturated heterocycles. The van der Waals surface area contributed by atoms with Gasteiger partial charge in [0, 0.05) is 19.3 Å². The Bertz CT molecular complexity index is 838. The number of imidazole rings is 1. The van der Waals surface area contributed by atoms with E-state index in [-0.39, 0.29) is 5.91 Å². The van der Waals surface area contributed by atoms with Crippen molar-refractivity contribution >= 4 is 5.91 Å². The molecule has 46 heavy (non-hydrogen) atoms. The Hall–Kier alpha value is -2.40. The Morgan fingerprint density at radius 3 is 1.43 bits per heavy atom. The van der Waals surface area contributed by atoms with Crippen molar-refractivity contribution in [3.8, 4) is 0 Å². The summed E-state index contributed by atoms with van der Waals surface area (Å²) in [4.78, 5) is 19.8. The summed E-state index contributed by atoms with van der Waals surface area (Å²) in [5, 5.41) is 2.17. The second-order valence-corrected chi connectivity index (χ2v) is 12.9. The molecular weight excluding hydrogens is 564 g/mol. The maximum absolute atomic E-state index is 12.6. The van der Waals surface area contributed by atoms with Crippen LogP contribution in [-0.2, 0) is 11.2 Å². The molecule has 0 bridgehead atoms. The van der Waals surface area contributed by atoms with E-state index >= 15 is 0 Å². The second-order valence-electron chi connectivity index (χ2n) is 12.9. The largest absolute Gasteiger partial charge is 0.351 e. The summed E-state index contributed by atoms with van der Waals surface area (Å²) in [6.07, 6.45) is 52.5. The molecule has 0 spiro atoms. The Balaban J connectivity index is 2.13. The Kier molecular flexibility index (Phi) is 30.7. The zero-order chi connectivity index (χ0) is 33.0. The van der Waals surface area contributed by atoms with E-state index in [1.165, 1.54) is 128 Å². The number of hydrogen-bond donors (Lipinski definition) is 2. The summed E-state index contributed by atoms with van der Waals surface area (Å²) >= 11 is 0. The van der Waals surface area contributed by atoms with Gasteiger partial charge < -0.3 is 4.98 Å². The van der Waals surface area contributed by atoms with E-state index in [9.17, 15) is 4.79 Å². The molecule has 0 radical (unpaired) electrons. The van der Waals surface area contributed by atoms with Crippen LogP contribution in [0.15, 0.2) is 61.1 Å². The summed E-state index contributed by atoms with van der Waals surface area (Å²) in [5.74, 6) is 0.0344. The average molecular weight is 637 g/mol. The van der Waals surface area contributed by atoms with Gasteiger partial charge in [-0.2, -0.15) is 0 Å². The van der Waals surface area contributed by atoms with Crippen LogP contribution in [0.2, 0.25) is 0 Å². The number of allylic oxidation sites excluding steroid dienone is 8. The summed E-state index contributed by atoms with van der Waals surface area (Å²) in [6.45, 7) is 6.38. The number of aromatic nitrogens is 2. The van der Waals surface area contributed by atoms with E-state index in [1.807, 2.05) is 0 Å². The first-order valence-corrected chi connectivity index (χ1v) is 19.4. The standard InChI is InChI=1S/C41H72N4O/c1-3-5-7-9-11-13-15-17-19-21-23-25-27-29-31-33-35-45(44-41(46)37-40-38-42-39-43-40)36-34-32-30-28-26-24-22-20-18-16-14-12-10-8-6-4-2/h11-14,17-20,38-39H,3-10,15-16,21-37H2,1-2H3,(H,42,43)(H,44,46)/b13-11-,14-12-,19-17-,20-18-. The van der Waals surface area contributed by atoms with E-state index in [0.717, 1.165) is 44.5 Å². The number of hydrogen-bond acceptors (Lipinski definition) is 3. The van der Waals surface area contributed by atoms with Gasteiger partial charge in [-0.15, -0.1) is 0 Å². The third-order valence-corrected chi connectivity index (χ3v) is 8.44. The van der Waals surface area contributed by atoms with E-state index in [4.69, 9.17) is 0 Å². The second kappa shape index (κ2) is 33.9. The van der Waals surface area contributed by atoms with Gasteiger partial charge in [0.25, 0.3) is 0 Å². The van der Waals surface area contributed by atoms with Gasteiger partial charge in [-0.25, -0.2) is 9.99 Å². The van der Waals surface area contributed by atoms with Crippen molar-refractivity contribution in [2.75, 3.05) is 13.1 Å². The molecular formula is C41H72N4O. The summed E-state index contributed by atoms with van der Waals surface area (Å²) < 4.78 is 0. The highest BCUT2D eigenvalue weighted by atomic mass is 16.2. The molecule has 0 aliphatic heterocycles. The number of carbonyl (C=O) groups is 1. The lowest BCUT2D eigenvalue weighted by molar-refractivity contribution is -0.125. The van der Waals surface area contributed by atoms with Crippen molar-refractivity contribution in [3.63, 3.8) is 0 Å². The molecule has 0 aliphatic rings. The van der Waals surface area contributed by atoms with E-state index in [0.29, 0.717) is 6.42 Å². The summed E-state index contributed by atoms with van der Waals surface area (Å²) in [5.41, 5.74) is 3.97. The van der Waals surface area contributed by atoms with Crippen LogP contribution in [0.25, 0.3) is 0 Å². The molecule has 1 rings (SSSR count). The zero-order valence-corrected chi connectivity index (χ0v) is 30.2. The van der Waals surface area contributed by atoms with Gasteiger partial charge in [-0.1, -0.05) is 140 Å². The van der Waals surface area contributed by atoms with E-state index < -0.39 is 0 Å². The van der Waals surface area contributed by atoms with Crippen LogP contribution in [0.4, 0.5) is 0 Å². The Morgan fingerprint density at radius 2 is 1.02 bits per heavy atom. The molecule has 1 aromatic rings. The van der Waals surface area contributed by atoms with Gasteiger partial charge in [0.15, 0.2) is 0 Å². The SMILES string of the molecule is CCCCC/C=C\C/C=C\CCCCCCCCN(CCCCCCCC/C=C\C/C=C\CCCCC)NC(=O)Cc1c[nH]cn1. The van der Waals surface area contributed by atoms with Crippen LogP contribution >= 0.6 is 0 Å². The number of nitrogens with one attached hydrogen (secondary N) is 2. The smallest absolute Gasteiger partial charge is 0.240 e. The minimum absolute atomic E-state index is 0.0344. The Morgan fingerprint density at radius 1 is 0.609 bits per heavy atom. The minimum Gasteiger partial charge on any atom is -0.351 e. The molecule has 0 atom stereocenters. The predicted molar refractivity (Wildman–Crippen MR) is 201 cm³/mol. The van der Waals surface area contributed by atoms with Crippen LogP contribution < -0.4 is 5.43 Å². The van der Waals surface area contributed by atoms with Crippen LogP contribution in [0.3, 0.4) is 0 Å². The molecule has 5 nitrogen and oxygen atoms in total. The minimum atomic E-state index is 0.0344. The molecule has 262 valence electrons. The van der Waals surface area contributed by atoms with Crippen molar-refractivity contribution in [1.82, 2.24) is 20.4 Å². The molecule has 0 aliphatic carbocycles. The number of hydrazine groups is 1. The van der Waals surface area contributed by atoms with Gasteiger partial charge in [0.05, 0.1) is 18.4 Å². The molecule has 5 heteroatoms. The molecule has 0 aromatic carbocycles. The average Bonchev–Trinajstić information content (AvgIpc) is 3.57. The number of nitrogens with zero attached hydrogens (tertiary/aromatic N) is 2. The molecule has 2 N–H and O–H groups in total. The maximum atomic E-state index is 12.6. The first-order valence-electron chi connectivity index (χ1n) is 19.4. The van der Waals surface area contributed by atoms with Gasteiger partial charge in [-0.05, 0) is 77.0 Å². The van der Waals surface area contributed by atoms with Crippen molar-refractivity contribution < 1.29 is 4.79 Å². The number of amides is 1. The fraction of sp³-hybridized carbons (Fsp3) is 0.707. The third kappa shape index (κ3) is 29.0. The monoisotopic (exact) mass is 637 g/mol. The molecule has 0 unspecified atom stereocenters. The lowest BCUT2D eigenvalue weighted by atomic mass is 10.1. The van der Waals surface area contributed by atoms with Gasteiger partial charge >= 0.3 is 0 Å². The van der Waals surface area contributed by atoms with Crippen molar-refractivity contribution in [2.24, 2.45) is 0 Å². The van der Waals surface area contributed by atoms with Gasteiger partial charge in [-0.3, -0.25) is 10.2 Å². The highest BCUT2D eigenvalue weighted by Gasteiger charge is 2.11. The van der Waals surface area contributed by atoms with Crippen molar-refractivity contribution in [1.29, 1.82) is 0 Å². The fourth-order valence-corrected chi connectivity index (χ4v) is 5.57. The topological polar surface area (TPSA) is 61.0 Å². The van der Waals surface area contributed by atoms with Crippen LogP contribution in [0, 0.1) is 0 Å². The molecule has 1 amide bonds.